The Morgan fingerprint density at radius 3 is 2.84 bits per heavy atom. The summed E-state index contributed by atoms with van der Waals surface area (Å²) in [6, 6.07) is 1.22. The zero-order valence-electron chi connectivity index (χ0n) is 9.62. The van der Waals surface area contributed by atoms with E-state index in [1.54, 1.807) is 0 Å². The van der Waals surface area contributed by atoms with E-state index in [4.69, 9.17) is 15.2 Å². The van der Waals surface area contributed by atoms with Gasteiger partial charge in [-0.25, -0.2) is 4.79 Å². The second kappa shape index (κ2) is 3.71. The van der Waals surface area contributed by atoms with Crippen molar-refractivity contribution in [3.05, 3.63) is 22.7 Å². The second-order valence-corrected chi connectivity index (χ2v) is 4.60. The molecule has 0 bridgehead atoms. The van der Waals surface area contributed by atoms with Crippen LogP contribution in [0.1, 0.15) is 6.23 Å². The number of anilines is 1. The van der Waals surface area contributed by atoms with Crippen LogP contribution < -0.4 is 11.4 Å². The van der Waals surface area contributed by atoms with Gasteiger partial charge in [-0.2, -0.15) is 13.8 Å². The predicted molar refractivity (Wildman–Crippen MR) is 57.5 cm³/mol. The maximum absolute atomic E-state index is 14.1. The first kappa shape index (κ1) is 12.5. The highest BCUT2D eigenvalue weighted by atomic mass is 19.3. The van der Waals surface area contributed by atoms with Gasteiger partial charge in [0, 0.05) is 6.20 Å². The molecule has 3 heterocycles. The third-order valence-electron chi connectivity index (χ3n) is 3.37. The summed E-state index contributed by atoms with van der Waals surface area (Å²) in [5.41, 5.74) is 2.89. The number of nitrogens with two attached hydrogens (primary N) is 1. The van der Waals surface area contributed by atoms with Gasteiger partial charge in [0.1, 0.15) is 11.4 Å². The number of nitrogen functional groups attached to an aromatic ring is 1. The largest absolute Gasteiger partial charge is 0.393 e. The number of ether oxygens (including phenoxy) is 2. The minimum absolute atomic E-state index is 0.0707. The van der Waals surface area contributed by atoms with E-state index < -0.39 is 36.2 Å². The summed E-state index contributed by atoms with van der Waals surface area (Å²) in [7, 11) is 0. The third kappa shape index (κ3) is 1.52. The van der Waals surface area contributed by atoms with Crippen molar-refractivity contribution in [3.8, 4) is 0 Å². The van der Waals surface area contributed by atoms with Gasteiger partial charge in [0.2, 0.25) is 6.23 Å². The lowest BCUT2D eigenvalue weighted by Crippen LogP contribution is -2.62. The Hall–Kier alpha value is -1.58. The highest BCUT2D eigenvalue weighted by Gasteiger charge is 2.73. The molecule has 2 fully saturated rings. The molecular weight excluding hydrogens is 264 g/mol. The number of aliphatic hydroxyl groups excluding tert-OH is 1. The summed E-state index contributed by atoms with van der Waals surface area (Å²) >= 11 is 0. The van der Waals surface area contributed by atoms with Crippen LogP contribution in [0.15, 0.2) is 17.1 Å². The minimum Gasteiger partial charge on any atom is -0.393 e. The highest BCUT2D eigenvalue weighted by molar-refractivity contribution is 5.24. The molecule has 3 rings (SSSR count). The third-order valence-corrected chi connectivity index (χ3v) is 3.37. The summed E-state index contributed by atoms with van der Waals surface area (Å²) in [4.78, 5) is 15.0. The maximum atomic E-state index is 14.1. The maximum Gasteiger partial charge on any atom is 0.351 e. The van der Waals surface area contributed by atoms with E-state index in [2.05, 4.69) is 4.98 Å². The van der Waals surface area contributed by atoms with Gasteiger partial charge in [-0.3, -0.25) is 4.57 Å². The van der Waals surface area contributed by atoms with Crippen molar-refractivity contribution in [1.82, 2.24) is 9.55 Å². The topological polar surface area (TPSA) is 99.6 Å². The molecule has 3 atom stereocenters. The van der Waals surface area contributed by atoms with Gasteiger partial charge in [-0.15, -0.1) is 0 Å². The second-order valence-electron chi connectivity index (χ2n) is 4.60. The zero-order chi connectivity index (χ0) is 13.8. The number of alkyl halides is 2. The fraction of sp³-hybridized carbons (Fsp3) is 0.600. The van der Waals surface area contributed by atoms with Crippen LogP contribution in [0.4, 0.5) is 14.6 Å². The van der Waals surface area contributed by atoms with Crippen molar-refractivity contribution in [1.29, 1.82) is 0 Å². The molecule has 2 aliphatic heterocycles. The average molecular weight is 275 g/mol. The number of hydrogen-bond acceptors (Lipinski definition) is 6. The lowest BCUT2D eigenvalue weighted by Gasteiger charge is -2.41. The lowest BCUT2D eigenvalue weighted by molar-refractivity contribution is -0.258. The number of hydrogen-bond donors (Lipinski definition) is 2. The Bertz CT molecular complexity index is 574. The SMILES string of the molecule is Nc1ccn([C@@H]2O[C@@]3(CO)CO[C@H]3C2(F)F)c(=O)n1. The van der Waals surface area contributed by atoms with Crippen molar-refractivity contribution >= 4 is 5.82 Å². The van der Waals surface area contributed by atoms with E-state index in [0.717, 1.165) is 6.20 Å². The normalized spacial score (nSPS) is 35.7. The Morgan fingerprint density at radius 1 is 1.63 bits per heavy atom. The average Bonchev–Trinajstić information content (AvgIpc) is 2.44. The van der Waals surface area contributed by atoms with Crippen LogP contribution in [0.2, 0.25) is 0 Å². The zero-order valence-corrected chi connectivity index (χ0v) is 9.62. The van der Waals surface area contributed by atoms with E-state index in [9.17, 15) is 18.7 Å². The molecule has 19 heavy (non-hydrogen) atoms. The van der Waals surface area contributed by atoms with Gasteiger partial charge in [-0.05, 0) is 6.07 Å². The van der Waals surface area contributed by atoms with Crippen LogP contribution in [-0.4, -0.2) is 45.5 Å². The smallest absolute Gasteiger partial charge is 0.351 e. The molecule has 2 saturated heterocycles. The molecule has 9 heteroatoms. The monoisotopic (exact) mass is 275 g/mol. The molecule has 0 unspecified atom stereocenters. The van der Waals surface area contributed by atoms with Gasteiger partial charge in [0.25, 0.3) is 0 Å². The Kier molecular flexibility index (Phi) is 2.43. The summed E-state index contributed by atoms with van der Waals surface area (Å²) < 4.78 is 38.9. The molecule has 1 aromatic heterocycles. The number of nitrogens with zero attached hydrogens (tertiary/aromatic N) is 2. The number of fused-ring (bicyclic) bond motifs is 1. The van der Waals surface area contributed by atoms with Crippen molar-refractivity contribution in [2.45, 2.75) is 23.9 Å². The molecule has 104 valence electrons. The molecule has 0 radical (unpaired) electrons. The van der Waals surface area contributed by atoms with E-state index in [0.29, 0.717) is 4.57 Å². The Labute approximate surface area is 105 Å². The van der Waals surface area contributed by atoms with Gasteiger partial charge in [0.15, 0.2) is 6.10 Å². The number of rotatable bonds is 2. The highest BCUT2D eigenvalue weighted by Crippen LogP contribution is 2.53. The number of aliphatic hydroxyl groups is 1. The first-order chi connectivity index (χ1) is 8.90. The summed E-state index contributed by atoms with van der Waals surface area (Å²) in [6.07, 6.45) is -2.36. The van der Waals surface area contributed by atoms with Crippen LogP contribution in [-0.2, 0) is 9.47 Å². The molecular formula is C10H11F2N3O4. The van der Waals surface area contributed by atoms with Crippen LogP contribution in [0.3, 0.4) is 0 Å². The van der Waals surface area contributed by atoms with E-state index in [-0.39, 0.29) is 12.4 Å². The molecule has 3 N–H and O–H groups in total. The Morgan fingerprint density at radius 2 is 2.37 bits per heavy atom. The molecule has 2 aliphatic rings. The van der Waals surface area contributed by atoms with Crippen LogP contribution >= 0.6 is 0 Å². The molecule has 0 aliphatic carbocycles. The first-order valence-electron chi connectivity index (χ1n) is 5.53. The van der Waals surface area contributed by atoms with Gasteiger partial charge in [-0.1, -0.05) is 0 Å². The predicted octanol–water partition coefficient (Wildman–Crippen LogP) is -0.881. The summed E-state index contributed by atoms with van der Waals surface area (Å²) in [5, 5.41) is 9.20. The molecule has 0 amide bonds. The minimum atomic E-state index is -3.44. The molecule has 0 spiro atoms. The van der Waals surface area contributed by atoms with Crippen LogP contribution in [0.5, 0.6) is 0 Å². The van der Waals surface area contributed by atoms with Crippen molar-refractivity contribution in [2.75, 3.05) is 18.9 Å². The van der Waals surface area contributed by atoms with Crippen molar-refractivity contribution in [2.24, 2.45) is 0 Å². The molecule has 0 saturated carbocycles. The fourth-order valence-electron chi connectivity index (χ4n) is 2.35. The van der Waals surface area contributed by atoms with Gasteiger partial charge >= 0.3 is 11.6 Å². The van der Waals surface area contributed by atoms with E-state index >= 15 is 0 Å². The van der Waals surface area contributed by atoms with Crippen LogP contribution in [0, 0.1) is 0 Å². The number of aromatic nitrogens is 2. The van der Waals surface area contributed by atoms with Crippen LogP contribution in [0.25, 0.3) is 0 Å². The van der Waals surface area contributed by atoms with E-state index in [1.807, 2.05) is 0 Å². The quantitative estimate of drug-likeness (QED) is 0.727. The molecule has 0 aromatic carbocycles. The lowest BCUT2D eigenvalue weighted by atomic mass is 9.91. The van der Waals surface area contributed by atoms with E-state index in [1.165, 1.54) is 6.07 Å². The molecule has 7 nitrogen and oxygen atoms in total. The van der Waals surface area contributed by atoms with Crippen molar-refractivity contribution < 1.29 is 23.4 Å². The standard InChI is InChI=1S/C10H11F2N3O4/c11-10(12)6-9(3-16,4-18-6)19-7(10)15-2-1-5(13)14-8(15)17/h1-2,6-7,16H,3-4H2,(H2,13,14,17)/t6-,7-,9+/m1/s1. The molecule has 1 aromatic rings. The van der Waals surface area contributed by atoms with Crippen molar-refractivity contribution in [3.63, 3.8) is 0 Å². The number of halogens is 2. The summed E-state index contributed by atoms with van der Waals surface area (Å²) in [5.74, 6) is -3.51. The van der Waals surface area contributed by atoms with Gasteiger partial charge < -0.3 is 20.3 Å². The van der Waals surface area contributed by atoms with Gasteiger partial charge in [0.05, 0.1) is 13.2 Å². The summed E-state index contributed by atoms with van der Waals surface area (Å²) in [6.45, 7) is -0.752. The first-order valence-corrected chi connectivity index (χ1v) is 5.53. The fourth-order valence-corrected chi connectivity index (χ4v) is 2.35. The Balaban J connectivity index is 2.04.